The first-order valence-electron chi connectivity index (χ1n) is 7.97. The average molecular weight is 333 g/mol. The monoisotopic (exact) mass is 333 g/mol. The molecule has 1 aliphatic heterocycles. The molecule has 1 aliphatic rings. The van der Waals surface area contributed by atoms with Crippen LogP contribution in [0.4, 0.5) is 0 Å². The van der Waals surface area contributed by atoms with E-state index in [0.717, 1.165) is 57.4 Å². The standard InChI is InChI=1S/C18H23NO3S/c1-20-10-7-19(14-16-4-2-11-23-16)13-15-5-6-17-18(12-15)22-9-3-8-21-17/h2,4-6,11-12H,3,7-10,13-14H2,1H3. The number of hydrogen-bond donors (Lipinski definition) is 0. The zero-order chi connectivity index (χ0) is 15.9. The summed E-state index contributed by atoms with van der Waals surface area (Å²) < 4.78 is 16.7. The van der Waals surface area contributed by atoms with E-state index in [1.807, 2.05) is 6.07 Å². The maximum atomic E-state index is 5.79. The minimum Gasteiger partial charge on any atom is -0.490 e. The molecule has 0 fully saturated rings. The third kappa shape index (κ3) is 4.70. The van der Waals surface area contributed by atoms with Crippen LogP contribution < -0.4 is 9.47 Å². The molecule has 0 radical (unpaired) electrons. The molecular weight excluding hydrogens is 310 g/mol. The second kappa shape index (κ2) is 8.34. The molecule has 0 atom stereocenters. The summed E-state index contributed by atoms with van der Waals surface area (Å²) >= 11 is 1.79. The van der Waals surface area contributed by atoms with E-state index in [1.54, 1.807) is 18.4 Å². The molecule has 0 spiro atoms. The Kier molecular flexibility index (Phi) is 5.91. The molecule has 23 heavy (non-hydrogen) atoms. The molecule has 4 nitrogen and oxygen atoms in total. The fraction of sp³-hybridized carbons (Fsp3) is 0.444. The van der Waals surface area contributed by atoms with Gasteiger partial charge in [-0.2, -0.15) is 0 Å². The Bertz CT molecular complexity index is 600. The Morgan fingerprint density at radius 2 is 2.00 bits per heavy atom. The highest BCUT2D eigenvalue weighted by Crippen LogP contribution is 2.31. The molecule has 2 heterocycles. The van der Waals surface area contributed by atoms with E-state index in [-0.39, 0.29) is 0 Å². The molecule has 5 heteroatoms. The van der Waals surface area contributed by atoms with Crippen LogP contribution >= 0.6 is 11.3 Å². The van der Waals surface area contributed by atoms with E-state index in [2.05, 4.69) is 34.5 Å². The highest BCUT2D eigenvalue weighted by atomic mass is 32.1. The summed E-state index contributed by atoms with van der Waals surface area (Å²) in [7, 11) is 1.75. The molecule has 2 aromatic rings. The van der Waals surface area contributed by atoms with Gasteiger partial charge in [0, 0.05) is 38.0 Å². The van der Waals surface area contributed by atoms with Crippen molar-refractivity contribution < 1.29 is 14.2 Å². The SMILES string of the molecule is COCCN(Cc1ccc2c(c1)OCCCO2)Cc1cccs1. The number of nitrogens with zero attached hydrogens (tertiary/aromatic N) is 1. The molecule has 0 bridgehead atoms. The number of thiophene rings is 1. The van der Waals surface area contributed by atoms with Crippen LogP contribution in [0.25, 0.3) is 0 Å². The van der Waals surface area contributed by atoms with Crippen molar-refractivity contribution in [3.63, 3.8) is 0 Å². The molecule has 0 aliphatic carbocycles. The van der Waals surface area contributed by atoms with Crippen molar-refractivity contribution in [2.75, 3.05) is 33.5 Å². The summed E-state index contributed by atoms with van der Waals surface area (Å²) in [5, 5.41) is 2.12. The topological polar surface area (TPSA) is 30.9 Å². The summed E-state index contributed by atoms with van der Waals surface area (Å²) in [6.07, 6.45) is 0.933. The van der Waals surface area contributed by atoms with Crippen molar-refractivity contribution >= 4 is 11.3 Å². The first-order valence-corrected chi connectivity index (χ1v) is 8.85. The third-order valence-corrected chi connectivity index (χ3v) is 4.65. The van der Waals surface area contributed by atoms with Gasteiger partial charge in [0.2, 0.25) is 0 Å². The van der Waals surface area contributed by atoms with E-state index < -0.39 is 0 Å². The van der Waals surface area contributed by atoms with Gasteiger partial charge < -0.3 is 14.2 Å². The highest BCUT2D eigenvalue weighted by molar-refractivity contribution is 7.09. The maximum absolute atomic E-state index is 5.79. The lowest BCUT2D eigenvalue weighted by atomic mass is 10.2. The van der Waals surface area contributed by atoms with E-state index in [1.165, 1.54) is 10.4 Å². The van der Waals surface area contributed by atoms with Crippen LogP contribution in [0.1, 0.15) is 16.9 Å². The van der Waals surface area contributed by atoms with Crippen LogP contribution in [0.2, 0.25) is 0 Å². The van der Waals surface area contributed by atoms with Gasteiger partial charge in [-0.3, -0.25) is 4.90 Å². The highest BCUT2D eigenvalue weighted by Gasteiger charge is 2.13. The maximum Gasteiger partial charge on any atom is 0.161 e. The lowest BCUT2D eigenvalue weighted by molar-refractivity contribution is 0.140. The Balaban J connectivity index is 1.69. The van der Waals surface area contributed by atoms with E-state index in [0.29, 0.717) is 0 Å². The van der Waals surface area contributed by atoms with Crippen molar-refractivity contribution in [3.05, 3.63) is 46.2 Å². The van der Waals surface area contributed by atoms with Crippen molar-refractivity contribution in [2.24, 2.45) is 0 Å². The minimum absolute atomic E-state index is 0.721. The average Bonchev–Trinajstić information content (AvgIpc) is 2.96. The van der Waals surface area contributed by atoms with Crippen LogP contribution in [0, 0.1) is 0 Å². The number of benzene rings is 1. The number of methoxy groups -OCH3 is 1. The van der Waals surface area contributed by atoms with Crippen LogP contribution in [0.3, 0.4) is 0 Å². The lowest BCUT2D eigenvalue weighted by Gasteiger charge is -2.22. The van der Waals surface area contributed by atoms with Gasteiger partial charge in [-0.15, -0.1) is 11.3 Å². The number of fused-ring (bicyclic) bond motifs is 1. The summed E-state index contributed by atoms with van der Waals surface area (Å²) in [5.41, 5.74) is 1.24. The van der Waals surface area contributed by atoms with Crippen LogP contribution in [-0.4, -0.2) is 38.4 Å². The van der Waals surface area contributed by atoms with Crippen molar-refractivity contribution in [2.45, 2.75) is 19.5 Å². The van der Waals surface area contributed by atoms with Crippen LogP contribution in [0.5, 0.6) is 11.5 Å². The summed E-state index contributed by atoms with van der Waals surface area (Å²) in [6, 6.07) is 10.5. The van der Waals surface area contributed by atoms with Gasteiger partial charge in [0.25, 0.3) is 0 Å². The Morgan fingerprint density at radius 3 is 2.78 bits per heavy atom. The summed E-state index contributed by atoms with van der Waals surface area (Å²) in [5.74, 6) is 1.72. The van der Waals surface area contributed by atoms with E-state index >= 15 is 0 Å². The molecule has 1 aromatic heterocycles. The smallest absolute Gasteiger partial charge is 0.161 e. The second-order valence-corrected chi connectivity index (χ2v) is 6.65. The molecule has 0 amide bonds. The Hall–Kier alpha value is -1.56. The zero-order valence-corrected chi connectivity index (χ0v) is 14.3. The van der Waals surface area contributed by atoms with Gasteiger partial charge in [0.15, 0.2) is 11.5 Å². The molecule has 0 unspecified atom stereocenters. The predicted octanol–water partition coefficient (Wildman–Crippen LogP) is 3.56. The van der Waals surface area contributed by atoms with E-state index in [4.69, 9.17) is 14.2 Å². The van der Waals surface area contributed by atoms with Crippen molar-refractivity contribution in [3.8, 4) is 11.5 Å². The van der Waals surface area contributed by atoms with Gasteiger partial charge in [0.1, 0.15) is 0 Å². The second-order valence-electron chi connectivity index (χ2n) is 5.61. The molecule has 0 saturated carbocycles. The van der Waals surface area contributed by atoms with Gasteiger partial charge in [0.05, 0.1) is 19.8 Å². The van der Waals surface area contributed by atoms with Gasteiger partial charge in [-0.1, -0.05) is 12.1 Å². The number of rotatable bonds is 7. The van der Waals surface area contributed by atoms with Gasteiger partial charge in [-0.25, -0.2) is 0 Å². The Labute approximate surface area is 141 Å². The predicted molar refractivity (Wildman–Crippen MR) is 92.4 cm³/mol. The fourth-order valence-electron chi connectivity index (χ4n) is 2.62. The van der Waals surface area contributed by atoms with E-state index in [9.17, 15) is 0 Å². The van der Waals surface area contributed by atoms with Crippen molar-refractivity contribution in [1.29, 1.82) is 0 Å². The third-order valence-electron chi connectivity index (χ3n) is 3.79. The molecule has 3 rings (SSSR count). The number of ether oxygens (including phenoxy) is 3. The Morgan fingerprint density at radius 1 is 1.13 bits per heavy atom. The van der Waals surface area contributed by atoms with Crippen LogP contribution in [0.15, 0.2) is 35.7 Å². The first kappa shape index (κ1) is 16.3. The zero-order valence-electron chi connectivity index (χ0n) is 13.5. The van der Waals surface area contributed by atoms with Gasteiger partial charge in [-0.05, 0) is 29.1 Å². The molecule has 124 valence electrons. The minimum atomic E-state index is 0.721. The fourth-order valence-corrected chi connectivity index (χ4v) is 3.37. The lowest BCUT2D eigenvalue weighted by Crippen LogP contribution is -2.26. The van der Waals surface area contributed by atoms with Crippen molar-refractivity contribution in [1.82, 2.24) is 4.90 Å². The molecule has 1 aromatic carbocycles. The quantitative estimate of drug-likeness (QED) is 0.775. The van der Waals surface area contributed by atoms with Crippen LogP contribution in [-0.2, 0) is 17.8 Å². The summed E-state index contributed by atoms with van der Waals surface area (Å²) in [6.45, 7) is 4.90. The van der Waals surface area contributed by atoms with Gasteiger partial charge >= 0.3 is 0 Å². The largest absolute Gasteiger partial charge is 0.490 e. The molecule has 0 N–H and O–H groups in total. The first-order chi connectivity index (χ1) is 11.3. The molecule has 0 saturated heterocycles. The number of hydrogen-bond acceptors (Lipinski definition) is 5. The summed E-state index contributed by atoms with van der Waals surface area (Å²) in [4.78, 5) is 3.77. The molecular formula is C18H23NO3S. The normalized spacial score (nSPS) is 14.0.